The molecule has 0 radical (unpaired) electrons. The molecule has 2 aromatic heterocycles. The van der Waals surface area contributed by atoms with E-state index in [4.69, 9.17) is 16.3 Å². The van der Waals surface area contributed by atoms with Crippen LogP contribution < -0.4 is 5.32 Å². The first-order chi connectivity index (χ1) is 13.2. The highest BCUT2D eigenvalue weighted by molar-refractivity contribution is 6.34. The van der Waals surface area contributed by atoms with E-state index in [1.54, 1.807) is 19.2 Å². The lowest BCUT2D eigenvalue weighted by Gasteiger charge is -2.15. The van der Waals surface area contributed by atoms with Crippen LogP contribution in [0.5, 0.6) is 0 Å². The minimum Gasteiger partial charge on any atom is -0.452 e. The molecule has 0 aliphatic carbocycles. The number of hydrogen-bond acceptors (Lipinski definition) is 5. The summed E-state index contributed by atoms with van der Waals surface area (Å²) in [6.45, 7) is 0.746. The van der Waals surface area contributed by atoms with Gasteiger partial charge in [-0.1, -0.05) is 17.7 Å². The second-order valence-electron chi connectivity index (χ2n) is 5.63. The van der Waals surface area contributed by atoms with Crippen molar-refractivity contribution in [2.24, 2.45) is 0 Å². The molecule has 7 nitrogen and oxygen atoms in total. The van der Waals surface area contributed by atoms with Crippen molar-refractivity contribution in [3.05, 3.63) is 58.5 Å². The van der Waals surface area contributed by atoms with Gasteiger partial charge in [0, 0.05) is 12.4 Å². The number of halogens is 4. The minimum absolute atomic E-state index is 0.0575. The molecule has 1 amide bonds. The summed E-state index contributed by atoms with van der Waals surface area (Å²) in [5.74, 6) is -1.86. The molecule has 0 unspecified atom stereocenters. The van der Waals surface area contributed by atoms with Crippen LogP contribution in [0.4, 0.5) is 18.9 Å². The van der Waals surface area contributed by atoms with E-state index < -0.39 is 35.9 Å². The summed E-state index contributed by atoms with van der Waals surface area (Å²) in [5.41, 5.74) is -1.10. The van der Waals surface area contributed by atoms with Gasteiger partial charge in [-0.3, -0.25) is 4.79 Å². The lowest BCUT2D eigenvalue weighted by Crippen LogP contribution is -2.23. The number of para-hydroxylation sites is 1. The Hall–Kier alpha value is -3.14. The van der Waals surface area contributed by atoms with Crippen LogP contribution in [0.2, 0.25) is 5.02 Å². The quantitative estimate of drug-likeness (QED) is 0.663. The van der Waals surface area contributed by atoms with Crippen molar-refractivity contribution in [1.29, 1.82) is 0 Å². The van der Waals surface area contributed by atoms with Gasteiger partial charge in [-0.15, -0.1) is 0 Å². The molecule has 0 bridgehead atoms. The van der Waals surface area contributed by atoms with Crippen LogP contribution in [0.1, 0.15) is 21.6 Å². The molecule has 0 aliphatic rings. The number of hydrogen-bond donors (Lipinski definition) is 1. The highest BCUT2D eigenvalue weighted by Crippen LogP contribution is 2.38. The summed E-state index contributed by atoms with van der Waals surface area (Å²) in [5, 5.41) is 5.83. The normalized spacial score (nSPS) is 11.5. The van der Waals surface area contributed by atoms with Crippen LogP contribution in [-0.2, 0) is 15.7 Å². The number of benzene rings is 1. The number of carbonyl (C=O) groups excluding carboxylic acids is 2. The highest BCUT2D eigenvalue weighted by Gasteiger charge is 2.35. The van der Waals surface area contributed by atoms with E-state index in [-0.39, 0.29) is 16.2 Å². The van der Waals surface area contributed by atoms with Crippen LogP contribution in [0, 0.1) is 6.92 Å². The Morgan fingerprint density at radius 3 is 2.75 bits per heavy atom. The zero-order valence-electron chi connectivity index (χ0n) is 14.2. The SMILES string of the molecule is Cc1nn2cccnc2c1C(=O)OCC(=O)Nc1c(Cl)cccc1C(F)(F)F. The maximum atomic E-state index is 13.1. The van der Waals surface area contributed by atoms with Crippen molar-refractivity contribution in [3.8, 4) is 0 Å². The zero-order valence-corrected chi connectivity index (χ0v) is 15.0. The molecule has 28 heavy (non-hydrogen) atoms. The first kappa shape index (κ1) is 19.6. The molecule has 2 heterocycles. The zero-order chi connectivity index (χ0) is 20.5. The molecule has 0 atom stereocenters. The number of fused-ring (bicyclic) bond motifs is 1. The Bertz CT molecular complexity index is 1070. The van der Waals surface area contributed by atoms with E-state index in [1.807, 2.05) is 5.32 Å². The maximum absolute atomic E-state index is 13.1. The molecule has 3 aromatic rings. The first-order valence-corrected chi connectivity index (χ1v) is 8.19. The van der Waals surface area contributed by atoms with Gasteiger partial charge in [0.1, 0.15) is 5.56 Å². The molecule has 0 spiro atoms. The van der Waals surface area contributed by atoms with Crippen LogP contribution in [0.15, 0.2) is 36.7 Å². The van der Waals surface area contributed by atoms with Gasteiger partial charge in [0.15, 0.2) is 12.3 Å². The monoisotopic (exact) mass is 412 g/mol. The fourth-order valence-corrected chi connectivity index (χ4v) is 2.72. The molecule has 0 saturated heterocycles. The maximum Gasteiger partial charge on any atom is 0.418 e. The topological polar surface area (TPSA) is 85.6 Å². The predicted octanol–water partition coefficient (Wildman–Crippen LogP) is 3.51. The van der Waals surface area contributed by atoms with Gasteiger partial charge < -0.3 is 10.1 Å². The molecule has 11 heteroatoms. The van der Waals surface area contributed by atoms with Gasteiger partial charge in [0.05, 0.1) is 22.0 Å². The van der Waals surface area contributed by atoms with Crippen molar-refractivity contribution in [2.75, 3.05) is 11.9 Å². The molecule has 1 aromatic carbocycles. The molecule has 3 rings (SSSR count). The average molecular weight is 413 g/mol. The van der Waals surface area contributed by atoms with Gasteiger partial charge in [-0.05, 0) is 25.1 Å². The third-order valence-electron chi connectivity index (χ3n) is 3.69. The van der Waals surface area contributed by atoms with Gasteiger partial charge in [0.2, 0.25) is 0 Å². The molecule has 0 fully saturated rings. The Morgan fingerprint density at radius 1 is 1.29 bits per heavy atom. The summed E-state index contributed by atoms with van der Waals surface area (Å²) in [4.78, 5) is 28.3. The third kappa shape index (κ3) is 3.91. The number of nitrogens with zero attached hydrogens (tertiary/aromatic N) is 3. The number of aryl methyl sites for hydroxylation is 1. The van der Waals surface area contributed by atoms with Crippen molar-refractivity contribution in [3.63, 3.8) is 0 Å². The second-order valence-corrected chi connectivity index (χ2v) is 6.04. The Morgan fingerprint density at radius 2 is 2.04 bits per heavy atom. The number of anilines is 1. The number of carbonyl (C=O) groups is 2. The fraction of sp³-hybridized carbons (Fsp3) is 0.176. The summed E-state index contributed by atoms with van der Waals surface area (Å²) in [6, 6.07) is 4.71. The minimum atomic E-state index is -4.72. The van der Waals surface area contributed by atoms with Crippen LogP contribution >= 0.6 is 11.6 Å². The van der Waals surface area contributed by atoms with E-state index in [0.29, 0.717) is 5.69 Å². The smallest absolute Gasteiger partial charge is 0.418 e. The van der Waals surface area contributed by atoms with E-state index in [2.05, 4.69) is 10.1 Å². The second kappa shape index (κ2) is 7.47. The Labute approximate surface area is 161 Å². The van der Waals surface area contributed by atoms with Gasteiger partial charge in [0.25, 0.3) is 5.91 Å². The number of ether oxygens (including phenoxy) is 1. The van der Waals surface area contributed by atoms with E-state index in [9.17, 15) is 22.8 Å². The molecular formula is C17H12ClF3N4O3. The Balaban J connectivity index is 1.73. The highest BCUT2D eigenvalue weighted by atomic mass is 35.5. The van der Waals surface area contributed by atoms with Gasteiger partial charge in [-0.2, -0.15) is 18.3 Å². The van der Waals surface area contributed by atoms with E-state index >= 15 is 0 Å². The summed E-state index contributed by atoms with van der Waals surface area (Å²) >= 11 is 5.77. The lowest BCUT2D eigenvalue weighted by atomic mass is 10.1. The molecule has 1 N–H and O–H groups in total. The summed E-state index contributed by atoms with van der Waals surface area (Å²) < 4.78 is 45.5. The molecule has 0 saturated carbocycles. The predicted molar refractivity (Wildman–Crippen MR) is 93.1 cm³/mol. The number of nitrogens with one attached hydrogen (secondary N) is 1. The number of alkyl halides is 3. The largest absolute Gasteiger partial charge is 0.452 e. The van der Waals surface area contributed by atoms with Crippen molar-refractivity contribution >= 4 is 34.8 Å². The molecule has 0 aliphatic heterocycles. The number of rotatable bonds is 4. The number of aromatic nitrogens is 3. The molecule has 146 valence electrons. The lowest BCUT2D eigenvalue weighted by molar-refractivity contribution is -0.137. The van der Waals surface area contributed by atoms with E-state index in [0.717, 1.165) is 12.1 Å². The standard InChI is InChI=1S/C17H12ClF3N4O3/c1-9-13(15-22-6-3-7-25(15)24-9)16(27)28-8-12(26)23-14-10(17(19,20)21)4-2-5-11(14)18/h2-7H,8H2,1H3,(H,23,26). The van der Waals surface area contributed by atoms with Crippen LogP contribution in [0.3, 0.4) is 0 Å². The average Bonchev–Trinajstić information content (AvgIpc) is 2.96. The van der Waals surface area contributed by atoms with Crippen LogP contribution in [-0.4, -0.2) is 33.1 Å². The van der Waals surface area contributed by atoms with Crippen molar-refractivity contribution in [2.45, 2.75) is 13.1 Å². The van der Waals surface area contributed by atoms with Gasteiger partial charge in [-0.25, -0.2) is 14.3 Å². The fourth-order valence-electron chi connectivity index (χ4n) is 2.50. The third-order valence-corrected chi connectivity index (χ3v) is 4.01. The summed E-state index contributed by atoms with van der Waals surface area (Å²) in [7, 11) is 0. The first-order valence-electron chi connectivity index (χ1n) is 7.81. The van der Waals surface area contributed by atoms with Crippen molar-refractivity contribution < 1.29 is 27.5 Å². The van der Waals surface area contributed by atoms with E-state index in [1.165, 1.54) is 16.8 Å². The molecular weight excluding hydrogens is 401 g/mol. The van der Waals surface area contributed by atoms with Crippen molar-refractivity contribution in [1.82, 2.24) is 14.6 Å². The Kier molecular flexibility index (Phi) is 5.23. The number of amides is 1. The number of esters is 1. The van der Waals surface area contributed by atoms with Gasteiger partial charge >= 0.3 is 12.1 Å². The summed E-state index contributed by atoms with van der Waals surface area (Å²) in [6.07, 6.45) is -1.69. The van der Waals surface area contributed by atoms with Crippen LogP contribution in [0.25, 0.3) is 5.65 Å².